The van der Waals surface area contributed by atoms with Gasteiger partial charge in [0, 0.05) is 34.6 Å². The highest BCUT2D eigenvalue weighted by atomic mass is 35.5. The minimum Gasteiger partial charge on any atom is -0.298 e. The molecule has 1 fully saturated rings. The Morgan fingerprint density at radius 2 is 1.87 bits per heavy atom. The molecule has 0 saturated carbocycles. The van der Waals surface area contributed by atoms with E-state index in [0.717, 1.165) is 24.1 Å². The van der Waals surface area contributed by atoms with E-state index >= 15 is 0 Å². The van der Waals surface area contributed by atoms with Gasteiger partial charge < -0.3 is 0 Å². The van der Waals surface area contributed by atoms with Gasteiger partial charge in [-0.2, -0.15) is 4.31 Å². The van der Waals surface area contributed by atoms with Gasteiger partial charge in [0.2, 0.25) is 10.0 Å². The zero-order chi connectivity index (χ0) is 22.0. The summed E-state index contributed by atoms with van der Waals surface area (Å²) in [5.41, 5.74) is 2.02. The van der Waals surface area contributed by atoms with Crippen molar-refractivity contribution in [2.45, 2.75) is 24.7 Å². The molecule has 1 atom stereocenters. The van der Waals surface area contributed by atoms with Gasteiger partial charge in [0.05, 0.1) is 10.6 Å². The molecule has 4 rings (SSSR count). The zero-order valence-corrected chi connectivity index (χ0v) is 19.3. The average molecular weight is 476 g/mol. The fraction of sp³-hybridized carbons (Fsp3) is 0.273. The molecule has 0 spiro atoms. The smallest absolute Gasteiger partial charge is 0.257 e. The molecule has 1 N–H and O–H groups in total. The van der Waals surface area contributed by atoms with Gasteiger partial charge in [0.25, 0.3) is 5.91 Å². The summed E-state index contributed by atoms with van der Waals surface area (Å²) in [5.74, 6) is 0.0113. The summed E-state index contributed by atoms with van der Waals surface area (Å²) in [6.45, 7) is 3.13. The maximum absolute atomic E-state index is 12.9. The molecule has 1 aliphatic heterocycles. The number of carbonyl (C=O) groups is 1. The Kier molecular flexibility index (Phi) is 6.43. The summed E-state index contributed by atoms with van der Waals surface area (Å²) in [4.78, 5) is 17.2. The minimum absolute atomic E-state index is 0.206. The second-order valence-corrected chi connectivity index (χ2v) is 10.9. The molecular weight excluding hydrogens is 454 g/mol. The lowest BCUT2D eigenvalue weighted by Gasteiger charge is -2.30. The van der Waals surface area contributed by atoms with Crippen LogP contribution in [0.4, 0.5) is 5.13 Å². The molecule has 2 heterocycles. The van der Waals surface area contributed by atoms with E-state index in [1.165, 1.54) is 39.9 Å². The van der Waals surface area contributed by atoms with Gasteiger partial charge in [-0.05, 0) is 55.2 Å². The van der Waals surface area contributed by atoms with Crippen LogP contribution in [0.25, 0.3) is 11.3 Å². The number of anilines is 1. The number of amides is 1. The monoisotopic (exact) mass is 475 g/mol. The van der Waals surface area contributed by atoms with E-state index < -0.39 is 10.0 Å². The number of benzene rings is 2. The van der Waals surface area contributed by atoms with Crippen LogP contribution in [0.15, 0.2) is 58.8 Å². The van der Waals surface area contributed by atoms with Crippen molar-refractivity contribution in [3.8, 4) is 11.3 Å². The maximum atomic E-state index is 12.9. The number of halogens is 1. The highest BCUT2D eigenvalue weighted by molar-refractivity contribution is 7.89. The molecule has 2 aromatic carbocycles. The van der Waals surface area contributed by atoms with Gasteiger partial charge in [-0.1, -0.05) is 30.7 Å². The van der Waals surface area contributed by atoms with E-state index in [9.17, 15) is 13.2 Å². The number of hydrogen-bond acceptors (Lipinski definition) is 5. The molecule has 1 aliphatic rings. The number of sulfonamides is 1. The predicted octanol–water partition coefficient (Wildman–Crippen LogP) is 5.14. The first-order chi connectivity index (χ1) is 14.8. The first-order valence-electron chi connectivity index (χ1n) is 9.96. The Labute approximate surface area is 190 Å². The molecule has 0 aliphatic carbocycles. The molecule has 1 unspecified atom stereocenters. The fourth-order valence-electron chi connectivity index (χ4n) is 3.55. The summed E-state index contributed by atoms with van der Waals surface area (Å²) in [6, 6.07) is 13.3. The number of piperidine rings is 1. The van der Waals surface area contributed by atoms with Crippen molar-refractivity contribution in [3.63, 3.8) is 0 Å². The van der Waals surface area contributed by atoms with Crippen LogP contribution >= 0.6 is 22.9 Å². The summed E-state index contributed by atoms with van der Waals surface area (Å²) >= 11 is 7.23. The van der Waals surface area contributed by atoms with E-state index in [2.05, 4.69) is 17.2 Å². The second kappa shape index (κ2) is 9.08. The molecule has 0 bridgehead atoms. The molecule has 3 aromatic rings. The van der Waals surface area contributed by atoms with Crippen molar-refractivity contribution in [2.24, 2.45) is 5.92 Å². The molecule has 6 nitrogen and oxygen atoms in total. The first-order valence-corrected chi connectivity index (χ1v) is 12.7. The van der Waals surface area contributed by atoms with Gasteiger partial charge in [-0.3, -0.25) is 10.1 Å². The van der Waals surface area contributed by atoms with Crippen LogP contribution in [-0.4, -0.2) is 36.7 Å². The van der Waals surface area contributed by atoms with Crippen LogP contribution in [-0.2, 0) is 10.0 Å². The SMILES string of the molecule is CC1CCCN(S(=O)(=O)c2ccc(C(=O)Nc3nc(-c4ccc(Cl)cc4)cs3)cc2)C1. The van der Waals surface area contributed by atoms with Crippen molar-refractivity contribution >= 4 is 44.0 Å². The third-order valence-electron chi connectivity index (χ3n) is 5.24. The largest absolute Gasteiger partial charge is 0.298 e. The Morgan fingerprint density at radius 1 is 1.16 bits per heavy atom. The summed E-state index contributed by atoms with van der Waals surface area (Å²) < 4.78 is 27.3. The van der Waals surface area contributed by atoms with E-state index in [4.69, 9.17) is 11.6 Å². The number of nitrogens with one attached hydrogen (secondary N) is 1. The fourth-order valence-corrected chi connectivity index (χ4v) is 5.98. The van der Waals surface area contributed by atoms with Gasteiger partial charge in [-0.15, -0.1) is 11.3 Å². The quantitative estimate of drug-likeness (QED) is 0.554. The van der Waals surface area contributed by atoms with Crippen molar-refractivity contribution in [3.05, 3.63) is 64.5 Å². The number of nitrogens with zero attached hydrogens (tertiary/aromatic N) is 2. The zero-order valence-electron chi connectivity index (χ0n) is 16.9. The van der Waals surface area contributed by atoms with Crippen LogP contribution in [0.5, 0.6) is 0 Å². The van der Waals surface area contributed by atoms with E-state index in [1.807, 2.05) is 17.5 Å². The Hall–Kier alpha value is -2.26. The highest BCUT2D eigenvalue weighted by Crippen LogP contribution is 2.27. The average Bonchev–Trinajstić information content (AvgIpc) is 3.22. The number of aromatic nitrogens is 1. The van der Waals surface area contributed by atoms with E-state index in [1.54, 1.807) is 12.1 Å². The summed E-state index contributed by atoms with van der Waals surface area (Å²) in [7, 11) is -3.54. The van der Waals surface area contributed by atoms with Crippen LogP contribution < -0.4 is 5.32 Å². The van der Waals surface area contributed by atoms with Crippen molar-refractivity contribution in [1.29, 1.82) is 0 Å². The van der Waals surface area contributed by atoms with Crippen LogP contribution in [0.1, 0.15) is 30.1 Å². The lowest BCUT2D eigenvalue weighted by atomic mass is 10.0. The molecule has 9 heteroatoms. The van der Waals surface area contributed by atoms with Gasteiger partial charge in [-0.25, -0.2) is 13.4 Å². The van der Waals surface area contributed by atoms with Crippen molar-refractivity contribution in [2.75, 3.05) is 18.4 Å². The number of hydrogen-bond donors (Lipinski definition) is 1. The highest BCUT2D eigenvalue weighted by Gasteiger charge is 2.28. The Balaban J connectivity index is 1.45. The number of carbonyl (C=O) groups excluding carboxylic acids is 1. The third-order valence-corrected chi connectivity index (χ3v) is 8.13. The number of rotatable bonds is 5. The topological polar surface area (TPSA) is 79.4 Å². The standard InChI is InChI=1S/C22H22ClN3O3S2/c1-15-3-2-12-26(13-15)31(28,29)19-10-6-17(7-11-19)21(27)25-22-24-20(14-30-22)16-4-8-18(23)9-5-16/h4-11,14-15H,2-3,12-13H2,1H3,(H,24,25,27). The molecular formula is C22H22ClN3O3S2. The number of thiazole rings is 1. The summed E-state index contributed by atoms with van der Waals surface area (Å²) in [6.07, 6.45) is 1.91. The molecule has 1 aromatic heterocycles. The lowest BCUT2D eigenvalue weighted by molar-refractivity contribution is 0.102. The van der Waals surface area contributed by atoms with Gasteiger partial charge >= 0.3 is 0 Å². The predicted molar refractivity (Wildman–Crippen MR) is 124 cm³/mol. The second-order valence-electron chi connectivity index (χ2n) is 7.63. The van der Waals surface area contributed by atoms with Crippen LogP contribution in [0.3, 0.4) is 0 Å². The molecule has 31 heavy (non-hydrogen) atoms. The van der Waals surface area contributed by atoms with Crippen LogP contribution in [0, 0.1) is 5.92 Å². The molecule has 0 radical (unpaired) electrons. The normalized spacial score (nSPS) is 17.4. The van der Waals surface area contributed by atoms with Crippen molar-refractivity contribution in [1.82, 2.24) is 9.29 Å². The minimum atomic E-state index is -3.54. The van der Waals surface area contributed by atoms with Gasteiger partial charge in [0.15, 0.2) is 5.13 Å². The van der Waals surface area contributed by atoms with E-state index in [-0.39, 0.29) is 10.8 Å². The maximum Gasteiger partial charge on any atom is 0.257 e. The first kappa shape index (κ1) is 22.0. The van der Waals surface area contributed by atoms with Gasteiger partial charge in [0.1, 0.15) is 0 Å². The lowest BCUT2D eigenvalue weighted by Crippen LogP contribution is -2.39. The van der Waals surface area contributed by atoms with E-state index in [0.29, 0.717) is 34.7 Å². The van der Waals surface area contributed by atoms with Crippen LogP contribution in [0.2, 0.25) is 5.02 Å². The molecule has 162 valence electrons. The Morgan fingerprint density at radius 3 is 2.55 bits per heavy atom. The Bertz CT molecular complexity index is 1180. The van der Waals surface area contributed by atoms with Crippen molar-refractivity contribution < 1.29 is 13.2 Å². The summed E-state index contributed by atoms with van der Waals surface area (Å²) in [5, 5.41) is 5.74. The third kappa shape index (κ3) is 4.98. The molecule has 1 amide bonds. The molecule has 1 saturated heterocycles.